The average Bonchev–Trinajstić information content (AvgIpc) is 2.84. The molecule has 0 fully saturated rings. The first-order chi connectivity index (χ1) is 8.22. The zero-order chi connectivity index (χ0) is 12.3. The van der Waals surface area contributed by atoms with Crippen molar-refractivity contribution < 1.29 is 9.90 Å². The van der Waals surface area contributed by atoms with Gasteiger partial charge in [0.15, 0.2) is 5.13 Å². The minimum absolute atomic E-state index is 0.295. The van der Waals surface area contributed by atoms with E-state index in [0.29, 0.717) is 5.56 Å². The van der Waals surface area contributed by atoms with Gasteiger partial charge in [0, 0.05) is 23.8 Å². The number of hydrogen-bond acceptors (Lipinski definition) is 4. The molecule has 0 atom stereocenters. The zero-order valence-electron chi connectivity index (χ0n) is 9.33. The van der Waals surface area contributed by atoms with Crippen molar-refractivity contribution in [2.75, 3.05) is 11.4 Å². The van der Waals surface area contributed by atoms with Crippen molar-refractivity contribution in [3.8, 4) is 0 Å². The molecule has 0 saturated heterocycles. The molecule has 0 saturated carbocycles. The van der Waals surface area contributed by atoms with Crippen molar-refractivity contribution in [3.63, 3.8) is 0 Å². The van der Waals surface area contributed by atoms with Crippen LogP contribution in [-0.4, -0.2) is 22.6 Å². The number of carboxylic acids is 1. The summed E-state index contributed by atoms with van der Waals surface area (Å²) in [5, 5.41) is 11.7. The number of aromatic carboxylic acids is 1. The lowest BCUT2D eigenvalue weighted by Crippen LogP contribution is -2.15. The van der Waals surface area contributed by atoms with Crippen LogP contribution in [0.1, 0.15) is 17.3 Å². The van der Waals surface area contributed by atoms with Gasteiger partial charge in [0.05, 0.1) is 5.56 Å². The number of hydrogen-bond donors (Lipinski definition) is 1. The molecule has 0 unspecified atom stereocenters. The minimum Gasteiger partial charge on any atom is -0.478 e. The number of benzene rings is 1. The third kappa shape index (κ3) is 2.45. The molecule has 2 aromatic rings. The van der Waals surface area contributed by atoms with Crippen LogP contribution < -0.4 is 4.90 Å². The molecule has 0 aliphatic rings. The lowest BCUT2D eigenvalue weighted by Gasteiger charge is -2.19. The predicted molar refractivity (Wildman–Crippen MR) is 68.2 cm³/mol. The van der Waals surface area contributed by atoms with Crippen molar-refractivity contribution in [2.24, 2.45) is 0 Å². The fourth-order valence-corrected chi connectivity index (χ4v) is 2.29. The molecule has 1 aromatic carbocycles. The summed E-state index contributed by atoms with van der Waals surface area (Å²) in [6.07, 6.45) is 1.76. The Bertz CT molecular complexity index is 494. The van der Waals surface area contributed by atoms with Crippen LogP contribution in [0.2, 0.25) is 0 Å². The Morgan fingerprint density at radius 2 is 2.12 bits per heavy atom. The topological polar surface area (TPSA) is 53.4 Å². The second-order valence-electron chi connectivity index (χ2n) is 3.41. The van der Waals surface area contributed by atoms with Gasteiger partial charge in [-0.15, -0.1) is 11.3 Å². The highest BCUT2D eigenvalue weighted by Crippen LogP contribution is 2.26. The number of thiazole rings is 1. The molecule has 1 N–H and O–H groups in total. The van der Waals surface area contributed by atoms with E-state index in [4.69, 9.17) is 5.11 Å². The molecule has 1 heterocycles. The first kappa shape index (κ1) is 11.6. The van der Waals surface area contributed by atoms with Crippen molar-refractivity contribution in [2.45, 2.75) is 6.92 Å². The maximum absolute atomic E-state index is 10.8. The fourth-order valence-electron chi connectivity index (χ4n) is 1.56. The molecule has 4 nitrogen and oxygen atoms in total. The molecular formula is C12H12N2O2S. The molecule has 0 amide bonds. The van der Waals surface area contributed by atoms with Gasteiger partial charge in [-0.2, -0.15) is 0 Å². The van der Waals surface area contributed by atoms with Gasteiger partial charge in [-0.25, -0.2) is 9.78 Å². The van der Waals surface area contributed by atoms with Crippen molar-refractivity contribution in [1.82, 2.24) is 4.98 Å². The highest BCUT2D eigenvalue weighted by molar-refractivity contribution is 7.13. The van der Waals surface area contributed by atoms with Gasteiger partial charge in [0.25, 0.3) is 0 Å². The Hall–Kier alpha value is -1.88. The van der Waals surface area contributed by atoms with Crippen LogP contribution in [0, 0.1) is 0 Å². The highest BCUT2D eigenvalue weighted by atomic mass is 32.1. The molecular weight excluding hydrogens is 236 g/mol. The van der Waals surface area contributed by atoms with Crippen molar-refractivity contribution in [3.05, 3.63) is 41.4 Å². The van der Waals surface area contributed by atoms with Crippen LogP contribution in [0.4, 0.5) is 10.8 Å². The Labute approximate surface area is 103 Å². The second kappa shape index (κ2) is 4.97. The van der Waals surface area contributed by atoms with E-state index in [1.54, 1.807) is 41.8 Å². The SMILES string of the molecule is CCN(c1ccc(C(=O)O)cc1)c1nccs1. The van der Waals surface area contributed by atoms with Crippen LogP contribution in [0.25, 0.3) is 0 Å². The maximum atomic E-state index is 10.8. The van der Waals surface area contributed by atoms with E-state index in [1.165, 1.54) is 0 Å². The summed E-state index contributed by atoms with van der Waals surface area (Å²) in [4.78, 5) is 17.0. The van der Waals surface area contributed by atoms with Gasteiger partial charge in [0.1, 0.15) is 0 Å². The van der Waals surface area contributed by atoms with Crippen LogP contribution in [0.15, 0.2) is 35.8 Å². The Morgan fingerprint density at radius 3 is 2.59 bits per heavy atom. The summed E-state index contributed by atoms with van der Waals surface area (Å²) in [6.45, 7) is 2.83. The summed E-state index contributed by atoms with van der Waals surface area (Å²) in [6, 6.07) is 6.81. The van der Waals surface area contributed by atoms with E-state index < -0.39 is 5.97 Å². The van der Waals surface area contributed by atoms with Crippen LogP contribution in [-0.2, 0) is 0 Å². The largest absolute Gasteiger partial charge is 0.478 e. The summed E-state index contributed by atoms with van der Waals surface area (Å²) in [5.41, 5.74) is 1.25. The van der Waals surface area contributed by atoms with E-state index >= 15 is 0 Å². The molecule has 0 bridgehead atoms. The molecule has 0 aliphatic carbocycles. The monoisotopic (exact) mass is 248 g/mol. The number of nitrogens with zero attached hydrogens (tertiary/aromatic N) is 2. The van der Waals surface area contributed by atoms with Gasteiger partial charge in [0.2, 0.25) is 0 Å². The van der Waals surface area contributed by atoms with Crippen LogP contribution >= 0.6 is 11.3 Å². The summed E-state index contributed by atoms with van der Waals surface area (Å²) >= 11 is 1.56. The number of aromatic nitrogens is 1. The molecule has 0 radical (unpaired) electrons. The first-order valence-electron chi connectivity index (χ1n) is 5.22. The Balaban J connectivity index is 2.29. The van der Waals surface area contributed by atoms with E-state index in [1.807, 2.05) is 17.2 Å². The predicted octanol–water partition coefficient (Wildman–Crippen LogP) is 3.00. The quantitative estimate of drug-likeness (QED) is 0.903. The molecule has 17 heavy (non-hydrogen) atoms. The summed E-state index contributed by atoms with van der Waals surface area (Å²) in [7, 11) is 0. The molecule has 0 aliphatic heterocycles. The first-order valence-corrected chi connectivity index (χ1v) is 6.10. The molecule has 88 valence electrons. The Morgan fingerprint density at radius 1 is 1.41 bits per heavy atom. The van der Waals surface area contributed by atoms with Gasteiger partial charge in [-0.3, -0.25) is 0 Å². The van der Waals surface area contributed by atoms with Gasteiger partial charge in [-0.1, -0.05) is 0 Å². The van der Waals surface area contributed by atoms with Gasteiger partial charge < -0.3 is 10.0 Å². The molecule has 0 spiro atoms. The van der Waals surface area contributed by atoms with E-state index in [9.17, 15) is 4.79 Å². The number of carboxylic acid groups (broad SMARTS) is 1. The third-order valence-corrected chi connectivity index (χ3v) is 3.19. The van der Waals surface area contributed by atoms with Crippen LogP contribution in [0.3, 0.4) is 0 Å². The fraction of sp³-hybridized carbons (Fsp3) is 0.167. The van der Waals surface area contributed by atoms with E-state index in [0.717, 1.165) is 17.4 Å². The van der Waals surface area contributed by atoms with Crippen molar-refractivity contribution in [1.29, 1.82) is 0 Å². The third-order valence-electron chi connectivity index (χ3n) is 2.39. The van der Waals surface area contributed by atoms with E-state index in [2.05, 4.69) is 4.98 Å². The average molecular weight is 248 g/mol. The second-order valence-corrected chi connectivity index (χ2v) is 4.28. The lowest BCUT2D eigenvalue weighted by molar-refractivity contribution is 0.0697. The van der Waals surface area contributed by atoms with Crippen molar-refractivity contribution >= 4 is 28.1 Å². The Kier molecular flexibility index (Phi) is 3.39. The minimum atomic E-state index is -0.908. The summed E-state index contributed by atoms with van der Waals surface area (Å²) in [5.74, 6) is -0.908. The van der Waals surface area contributed by atoms with Gasteiger partial charge in [-0.05, 0) is 31.2 Å². The molecule has 5 heteroatoms. The van der Waals surface area contributed by atoms with Gasteiger partial charge >= 0.3 is 5.97 Å². The smallest absolute Gasteiger partial charge is 0.335 e. The normalized spacial score (nSPS) is 10.2. The number of anilines is 2. The molecule has 1 aromatic heterocycles. The highest BCUT2D eigenvalue weighted by Gasteiger charge is 2.10. The summed E-state index contributed by atoms with van der Waals surface area (Å²) < 4.78 is 0. The molecule has 2 rings (SSSR count). The lowest BCUT2D eigenvalue weighted by atomic mass is 10.2. The number of carbonyl (C=O) groups is 1. The number of rotatable bonds is 4. The van der Waals surface area contributed by atoms with E-state index in [-0.39, 0.29) is 0 Å². The maximum Gasteiger partial charge on any atom is 0.335 e. The van der Waals surface area contributed by atoms with Crippen LogP contribution in [0.5, 0.6) is 0 Å². The standard InChI is InChI=1S/C12H12N2O2S/c1-2-14(12-13-7-8-17-12)10-5-3-9(4-6-10)11(15)16/h3-8H,2H2,1H3,(H,15,16). The zero-order valence-corrected chi connectivity index (χ0v) is 10.1.